The molecule has 0 fully saturated rings. The Labute approximate surface area is 125 Å². The maximum atomic E-state index is 4.60. The molecule has 0 aliphatic carbocycles. The molecule has 1 atom stereocenters. The maximum Gasteiger partial charge on any atom is 0.125 e. The molecule has 3 heteroatoms. The molecule has 3 nitrogen and oxygen atoms in total. The zero-order valence-corrected chi connectivity index (χ0v) is 13.7. The maximum absolute atomic E-state index is 4.60. The van der Waals surface area contributed by atoms with Gasteiger partial charge in [0, 0.05) is 18.9 Å². The summed E-state index contributed by atoms with van der Waals surface area (Å²) in [4.78, 5) is 4.60. The summed E-state index contributed by atoms with van der Waals surface area (Å²) in [6.07, 6.45) is 14.4. The second-order valence-electron chi connectivity index (χ2n) is 5.69. The lowest BCUT2D eigenvalue weighted by molar-refractivity contribution is 0.432. The number of imidazole rings is 1. The van der Waals surface area contributed by atoms with E-state index in [1.807, 2.05) is 6.20 Å². The molecule has 0 saturated carbocycles. The molecule has 0 amide bonds. The van der Waals surface area contributed by atoms with Gasteiger partial charge in [-0.05, 0) is 25.8 Å². The van der Waals surface area contributed by atoms with Gasteiger partial charge in [0.25, 0.3) is 0 Å². The summed E-state index contributed by atoms with van der Waals surface area (Å²) in [5.41, 5.74) is 0. The molecule has 1 N–H and O–H groups in total. The first-order chi connectivity index (χ1) is 9.83. The molecule has 0 aromatic carbocycles. The van der Waals surface area contributed by atoms with Crippen molar-refractivity contribution >= 4 is 0 Å². The number of unbranched alkanes of at least 4 members (excludes halogenated alkanes) is 4. The number of aromatic nitrogens is 2. The summed E-state index contributed by atoms with van der Waals surface area (Å²) >= 11 is 0. The number of nitrogens with zero attached hydrogens (tertiary/aromatic N) is 2. The molecule has 1 heterocycles. The van der Waals surface area contributed by atoms with E-state index in [-0.39, 0.29) is 0 Å². The summed E-state index contributed by atoms with van der Waals surface area (Å²) in [5.74, 6) is 1.23. The summed E-state index contributed by atoms with van der Waals surface area (Å²) < 4.78 is 2.32. The third-order valence-electron chi connectivity index (χ3n) is 3.76. The monoisotopic (exact) mass is 279 g/mol. The fourth-order valence-electron chi connectivity index (χ4n) is 2.65. The summed E-state index contributed by atoms with van der Waals surface area (Å²) in [7, 11) is 0. The molecule has 0 saturated heterocycles. The number of rotatable bonds is 12. The molecular formula is C17H33N3. The van der Waals surface area contributed by atoms with E-state index in [9.17, 15) is 0 Å². The van der Waals surface area contributed by atoms with Gasteiger partial charge in [0.1, 0.15) is 5.82 Å². The molecule has 0 spiro atoms. The van der Waals surface area contributed by atoms with Crippen molar-refractivity contribution in [3.05, 3.63) is 18.2 Å². The van der Waals surface area contributed by atoms with Gasteiger partial charge >= 0.3 is 0 Å². The third-order valence-corrected chi connectivity index (χ3v) is 3.76. The molecule has 0 aliphatic heterocycles. The van der Waals surface area contributed by atoms with Crippen LogP contribution in [0.1, 0.15) is 84.0 Å². The van der Waals surface area contributed by atoms with Crippen molar-refractivity contribution in [1.82, 2.24) is 14.9 Å². The first kappa shape index (κ1) is 17.2. The van der Waals surface area contributed by atoms with E-state index < -0.39 is 0 Å². The normalized spacial score (nSPS) is 12.8. The van der Waals surface area contributed by atoms with E-state index in [1.54, 1.807) is 0 Å². The van der Waals surface area contributed by atoms with Gasteiger partial charge in [0.15, 0.2) is 0 Å². The van der Waals surface area contributed by atoms with Crippen LogP contribution in [0.3, 0.4) is 0 Å². The largest absolute Gasteiger partial charge is 0.334 e. The standard InChI is InChI=1S/C17H33N3/c1-4-7-8-9-10-11-16(18-12-5-2)17-19-13-15-20(17)14-6-3/h13,15-16,18H,4-12,14H2,1-3H3. The van der Waals surface area contributed by atoms with Crippen LogP contribution in [0.5, 0.6) is 0 Å². The van der Waals surface area contributed by atoms with E-state index >= 15 is 0 Å². The molecule has 0 bridgehead atoms. The smallest absolute Gasteiger partial charge is 0.125 e. The van der Waals surface area contributed by atoms with Gasteiger partial charge in [0.05, 0.1) is 6.04 Å². The van der Waals surface area contributed by atoms with Crippen LogP contribution in [-0.2, 0) is 6.54 Å². The van der Waals surface area contributed by atoms with Crippen molar-refractivity contribution in [2.75, 3.05) is 6.54 Å². The van der Waals surface area contributed by atoms with Gasteiger partial charge < -0.3 is 9.88 Å². The molecular weight excluding hydrogens is 246 g/mol. The van der Waals surface area contributed by atoms with Crippen molar-refractivity contribution in [3.8, 4) is 0 Å². The zero-order valence-electron chi connectivity index (χ0n) is 13.7. The predicted molar refractivity (Wildman–Crippen MR) is 86.9 cm³/mol. The van der Waals surface area contributed by atoms with Crippen LogP contribution >= 0.6 is 0 Å². The van der Waals surface area contributed by atoms with E-state index in [0.717, 1.165) is 13.1 Å². The van der Waals surface area contributed by atoms with Gasteiger partial charge in [0.2, 0.25) is 0 Å². The molecule has 1 rings (SSSR count). The fraction of sp³-hybridized carbons (Fsp3) is 0.824. The molecule has 0 radical (unpaired) electrons. The highest BCUT2D eigenvalue weighted by Gasteiger charge is 2.15. The Kier molecular flexibility index (Phi) is 9.38. The van der Waals surface area contributed by atoms with Crippen molar-refractivity contribution < 1.29 is 0 Å². The van der Waals surface area contributed by atoms with Crippen LogP contribution in [0.2, 0.25) is 0 Å². The minimum atomic E-state index is 0.429. The summed E-state index contributed by atoms with van der Waals surface area (Å²) in [5, 5.41) is 3.68. The lowest BCUT2D eigenvalue weighted by Gasteiger charge is -2.19. The van der Waals surface area contributed by atoms with Crippen LogP contribution in [0.4, 0.5) is 0 Å². The highest BCUT2D eigenvalue weighted by Crippen LogP contribution is 2.19. The van der Waals surface area contributed by atoms with Gasteiger partial charge in [-0.1, -0.05) is 52.9 Å². The van der Waals surface area contributed by atoms with Crippen LogP contribution in [0.15, 0.2) is 12.4 Å². The second kappa shape index (κ2) is 10.9. The average molecular weight is 279 g/mol. The lowest BCUT2D eigenvalue weighted by atomic mass is 10.1. The first-order valence-electron chi connectivity index (χ1n) is 8.57. The van der Waals surface area contributed by atoms with E-state index in [1.165, 1.54) is 57.2 Å². The third kappa shape index (κ3) is 6.08. The van der Waals surface area contributed by atoms with E-state index in [4.69, 9.17) is 0 Å². The second-order valence-corrected chi connectivity index (χ2v) is 5.69. The van der Waals surface area contributed by atoms with E-state index in [2.05, 4.69) is 41.8 Å². The number of hydrogen-bond donors (Lipinski definition) is 1. The van der Waals surface area contributed by atoms with Crippen molar-refractivity contribution in [3.63, 3.8) is 0 Å². The Morgan fingerprint density at radius 1 is 1.05 bits per heavy atom. The fourth-order valence-corrected chi connectivity index (χ4v) is 2.65. The van der Waals surface area contributed by atoms with Crippen molar-refractivity contribution in [2.45, 2.75) is 84.7 Å². The van der Waals surface area contributed by atoms with Crippen LogP contribution < -0.4 is 5.32 Å². The number of nitrogens with one attached hydrogen (secondary N) is 1. The Hall–Kier alpha value is -0.830. The minimum absolute atomic E-state index is 0.429. The van der Waals surface area contributed by atoms with Gasteiger partial charge in [-0.2, -0.15) is 0 Å². The lowest BCUT2D eigenvalue weighted by Crippen LogP contribution is -2.25. The van der Waals surface area contributed by atoms with E-state index in [0.29, 0.717) is 6.04 Å². The van der Waals surface area contributed by atoms with Crippen LogP contribution in [0, 0.1) is 0 Å². The van der Waals surface area contributed by atoms with Gasteiger partial charge in [-0.15, -0.1) is 0 Å². The molecule has 1 aromatic rings. The molecule has 1 aromatic heterocycles. The van der Waals surface area contributed by atoms with Gasteiger partial charge in [-0.25, -0.2) is 4.98 Å². The Morgan fingerprint density at radius 2 is 1.85 bits per heavy atom. The predicted octanol–water partition coefficient (Wildman–Crippen LogP) is 4.69. The highest BCUT2D eigenvalue weighted by molar-refractivity contribution is 4.99. The number of aryl methyl sites for hydroxylation is 1. The Bertz CT molecular complexity index is 333. The van der Waals surface area contributed by atoms with Gasteiger partial charge in [-0.3, -0.25) is 0 Å². The van der Waals surface area contributed by atoms with Crippen LogP contribution in [-0.4, -0.2) is 16.1 Å². The molecule has 116 valence electrons. The molecule has 1 unspecified atom stereocenters. The summed E-state index contributed by atoms with van der Waals surface area (Å²) in [6, 6.07) is 0.429. The Morgan fingerprint density at radius 3 is 2.55 bits per heavy atom. The Balaban J connectivity index is 2.51. The zero-order chi connectivity index (χ0) is 14.6. The number of hydrogen-bond acceptors (Lipinski definition) is 2. The van der Waals surface area contributed by atoms with Crippen molar-refractivity contribution in [1.29, 1.82) is 0 Å². The quantitative estimate of drug-likeness (QED) is 0.562. The van der Waals surface area contributed by atoms with Crippen molar-refractivity contribution in [2.24, 2.45) is 0 Å². The van der Waals surface area contributed by atoms with Crippen LogP contribution in [0.25, 0.3) is 0 Å². The average Bonchev–Trinajstić information content (AvgIpc) is 2.90. The summed E-state index contributed by atoms with van der Waals surface area (Å²) in [6.45, 7) is 8.88. The minimum Gasteiger partial charge on any atom is -0.334 e. The molecule has 20 heavy (non-hydrogen) atoms. The highest BCUT2D eigenvalue weighted by atomic mass is 15.1. The SMILES string of the molecule is CCCCCCCC(NCCC)c1nccn1CCC. The first-order valence-corrected chi connectivity index (χ1v) is 8.57. The topological polar surface area (TPSA) is 29.9 Å². The molecule has 0 aliphatic rings.